The molecule has 0 unspecified atom stereocenters. The summed E-state index contributed by atoms with van der Waals surface area (Å²) >= 11 is 0.956. The molecule has 0 atom stereocenters. The van der Waals surface area contributed by atoms with Gasteiger partial charge < -0.3 is 14.2 Å². The minimum absolute atomic E-state index is 0.00715. The Morgan fingerprint density at radius 2 is 1.74 bits per heavy atom. The summed E-state index contributed by atoms with van der Waals surface area (Å²) in [5.41, 5.74) is 2.86. The maximum atomic E-state index is 15.4. The molecule has 8 nitrogen and oxygen atoms in total. The molecule has 214 valence electrons. The number of amides is 1. The van der Waals surface area contributed by atoms with E-state index in [0.717, 1.165) is 27.5 Å². The molecule has 3 heterocycles. The van der Waals surface area contributed by atoms with E-state index in [4.69, 9.17) is 8.83 Å². The fraction of sp³-hybridized carbons (Fsp3) is 0.133. The zero-order chi connectivity index (χ0) is 29.9. The van der Waals surface area contributed by atoms with Crippen molar-refractivity contribution in [1.82, 2.24) is 10.3 Å². The van der Waals surface area contributed by atoms with Crippen molar-refractivity contribution in [2.24, 2.45) is 0 Å². The number of hydrogen-bond donors (Lipinski definition) is 1. The van der Waals surface area contributed by atoms with Crippen molar-refractivity contribution in [2.45, 2.75) is 6.92 Å². The number of fused-ring (bicyclic) bond motifs is 2. The number of para-hydroxylation sites is 1. The van der Waals surface area contributed by atoms with Crippen LogP contribution in [0, 0.1) is 18.6 Å². The fourth-order valence-electron chi connectivity index (χ4n) is 4.69. The monoisotopic (exact) mass is 607 g/mol. The number of benzene rings is 3. The van der Waals surface area contributed by atoms with Crippen molar-refractivity contribution < 1.29 is 30.8 Å². The van der Waals surface area contributed by atoms with Gasteiger partial charge in [-0.1, -0.05) is 35.9 Å². The van der Waals surface area contributed by atoms with Gasteiger partial charge in [-0.2, -0.15) is 0 Å². The van der Waals surface area contributed by atoms with E-state index < -0.39 is 27.6 Å². The number of hydrogen-bond acceptors (Lipinski definition) is 7. The van der Waals surface area contributed by atoms with Gasteiger partial charge in [0.05, 0.1) is 17.5 Å². The van der Waals surface area contributed by atoms with Crippen molar-refractivity contribution in [3.8, 4) is 32.5 Å². The van der Waals surface area contributed by atoms with Crippen LogP contribution in [0.25, 0.3) is 54.6 Å². The predicted molar refractivity (Wildman–Crippen MR) is 159 cm³/mol. The second kappa shape index (κ2) is 10.1. The summed E-state index contributed by atoms with van der Waals surface area (Å²) in [5.74, 6) is -1.51. The van der Waals surface area contributed by atoms with Crippen molar-refractivity contribution in [3.63, 3.8) is 0 Å². The molecule has 0 aliphatic carbocycles. The standard InChI is InChI=1S/C30H23F2N3O5S2/c1-15-8-10-16(11-9-15)27-25(29(36)33-2)18-12-17(21(14-23(18)39-27)35(3)42(4,37)38)24-13-20(32)28(41-24)30-34-26-19(31)6-5-7-22(26)40-30/h5-14H,1-4H3,(H,33,36). The van der Waals surface area contributed by atoms with E-state index in [0.29, 0.717) is 27.2 Å². The van der Waals surface area contributed by atoms with E-state index in [1.54, 1.807) is 6.07 Å². The van der Waals surface area contributed by atoms with E-state index in [-0.39, 0.29) is 38.7 Å². The Bertz CT molecular complexity index is 2130. The number of thiophene rings is 1. The SMILES string of the molecule is CNC(=O)c1c(-c2ccc(C)cc2)oc2cc(N(C)S(C)(=O)=O)c(-c3cc(F)c(-c4nc5c(F)cccc5o4)s3)cc12. The van der Waals surface area contributed by atoms with Crippen LogP contribution in [0.3, 0.4) is 0 Å². The summed E-state index contributed by atoms with van der Waals surface area (Å²) in [5, 5.41) is 3.05. The quantitative estimate of drug-likeness (QED) is 0.219. The fourth-order valence-corrected chi connectivity index (χ4v) is 6.18. The van der Waals surface area contributed by atoms with Crippen molar-refractivity contribution in [1.29, 1.82) is 0 Å². The smallest absolute Gasteiger partial charge is 0.255 e. The minimum atomic E-state index is -3.76. The number of furan rings is 1. The lowest BCUT2D eigenvalue weighted by Crippen LogP contribution is -2.25. The number of oxazole rings is 1. The van der Waals surface area contributed by atoms with Gasteiger partial charge in [-0.3, -0.25) is 9.10 Å². The Morgan fingerprint density at radius 1 is 1.00 bits per heavy atom. The normalized spacial score (nSPS) is 11.9. The molecule has 3 aromatic carbocycles. The highest BCUT2D eigenvalue weighted by Gasteiger charge is 2.28. The van der Waals surface area contributed by atoms with E-state index >= 15 is 4.39 Å². The molecule has 0 bridgehead atoms. The summed E-state index contributed by atoms with van der Waals surface area (Å²) in [6.07, 6.45) is 1.05. The molecule has 0 saturated carbocycles. The Labute approximate surface area is 243 Å². The van der Waals surface area contributed by atoms with Crippen molar-refractivity contribution in [3.05, 3.63) is 83.4 Å². The zero-order valence-electron chi connectivity index (χ0n) is 22.8. The van der Waals surface area contributed by atoms with Gasteiger partial charge in [0.25, 0.3) is 5.91 Å². The maximum Gasteiger partial charge on any atom is 0.255 e. The van der Waals surface area contributed by atoms with Crippen LogP contribution in [0.1, 0.15) is 15.9 Å². The summed E-state index contributed by atoms with van der Waals surface area (Å²) < 4.78 is 67.8. The number of carbonyl (C=O) groups is 1. The van der Waals surface area contributed by atoms with Gasteiger partial charge in [0.15, 0.2) is 11.4 Å². The predicted octanol–water partition coefficient (Wildman–Crippen LogP) is 6.98. The topological polar surface area (TPSA) is 106 Å². The van der Waals surface area contributed by atoms with Crippen LogP contribution < -0.4 is 9.62 Å². The molecule has 1 N–H and O–H groups in total. The first-order valence-electron chi connectivity index (χ1n) is 12.6. The van der Waals surface area contributed by atoms with Crippen LogP contribution in [0.2, 0.25) is 0 Å². The molecule has 0 saturated heterocycles. The lowest BCUT2D eigenvalue weighted by Gasteiger charge is -2.20. The first kappa shape index (κ1) is 27.6. The number of nitrogens with zero attached hydrogens (tertiary/aromatic N) is 2. The molecule has 42 heavy (non-hydrogen) atoms. The number of carbonyl (C=O) groups excluding carboxylic acids is 1. The van der Waals surface area contributed by atoms with Gasteiger partial charge in [0.2, 0.25) is 15.9 Å². The lowest BCUT2D eigenvalue weighted by atomic mass is 10.0. The molecule has 3 aromatic heterocycles. The molecule has 6 aromatic rings. The van der Waals surface area contributed by atoms with E-state index in [1.807, 2.05) is 31.2 Å². The van der Waals surface area contributed by atoms with Crippen LogP contribution in [-0.4, -0.2) is 39.7 Å². The lowest BCUT2D eigenvalue weighted by molar-refractivity contribution is 0.0964. The number of halogens is 2. The van der Waals surface area contributed by atoms with Crippen molar-refractivity contribution in [2.75, 3.05) is 24.7 Å². The van der Waals surface area contributed by atoms with E-state index in [1.165, 1.54) is 44.4 Å². The Balaban J connectivity index is 1.61. The molecule has 1 amide bonds. The first-order valence-corrected chi connectivity index (χ1v) is 15.3. The van der Waals surface area contributed by atoms with E-state index in [2.05, 4.69) is 10.3 Å². The van der Waals surface area contributed by atoms with Gasteiger partial charge in [-0.05, 0) is 31.2 Å². The molecule has 12 heteroatoms. The van der Waals surface area contributed by atoms with Crippen LogP contribution in [0.5, 0.6) is 0 Å². The number of aryl methyl sites for hydroxylation is 1. The molecule has 0 spiro atoms. The summed E-state index contributed by atoms with van der Waals surface area (Å²) in [7, 11) is -0.893. The molecule has 0 fully saturated rings. The van der Waals surface area contributed by atoms with Crippen LogP contribution in [-0.2, 0) is 10.0 Å². The second-order valence-corrected chi connectivity index (χ2v) is 12.8. The third-order valence-electron chi connectivity index (χ3n) is 6.93. The Kier molecular flexibility index (Phi) is 6.62. The number of nitrogens with one attached hydrogen (secondary N) is 1. The van der Waals surface area contributed by atoms with Crippen LogP contribution >= 0.6 is 11.3 Å². The number of anilines is 1. The summed E-state index contributed by atoms with van der Waals surface area (Å²) in [6.45, 7) is 1.94. The van der Waals surface area contributed by atoms with Crippen LogP contribution in [0.15, 0.2) is 69.5 Å². The highest BCUT2D eigenvalue weighted by molar-refractivity contribution is 7.92. The maximum absolute atomic E-state index is 15.4. The minimum Gasteiger partial charge on any atom is -0.455 e. The number of rotatable bonds is 6. The zero-order valence-corrected chi connectivity index (χ0v) is 24.4. The Morgan fingerprint density at radius 3 is 2.40 bits per heavy atom. The van der Waals surface area contributed by atoms with Gasteiger partial charge in [0.1, 0.15) is 27.6 Å². The largest absolute Gasteiger partial charge is 0.455 e. The number of aromatic nitrogens is 1. The molecule has 6 rings (SSSR count). The molecule has 0 aliphatic heterocycles. The average Bonchev–Trinajstić information content (AvgIpc) is 3.66. The van der Waals surface area contributed by atoms with Gasteiger partial charge in [0, 0.05) is 41.6 Å². The summed E-state index contributed by atoms with van der Waals surface area (Å²) in [6, 6.07) is 16.0. The second-order valence-electron chi connectivity index (χ2n) is 9.74. The molecular formula is C30H23F2N3O5S2. The molecular weight excluding hydrogens is 584 g/mol. The highest BCUT2D eigenvalue weighted by Crippen LogP contribution is 2.45. The number of sulfonamides is 1. The van der Waals surface area contributed by atoms with E-state index in [9.17, 15) is 17.6 Å². The molecule has 0 radical (unpaired) electrons. The highest BCUT2D eigenvalue weighted by atomic mass is 32.2. The first-order chi connectivity index (χ1) is 20.0. The third-order valence-corrected chi connectivity index (χ3v) is 9.25. The van der Waals surface area contributed by atoms with Crippen LogP contribution in [0.4, 0.5) is 14.5 Å². The van der Waals surface area contributed by atoms with Gasteiger partial charge >= 0.3 is 0 Å². The van der Waals surface area contributed by atoms with Gasteiger partial charge in [-0.15, -0.1) is 11.3 Å². The van der Waals surface area contributed by atoms with Crippen molar-refractivity contribution >= 4 is 55.0 Å². The third kappa shape index (κ3) is 4.62. The van der Waals surface area contributed by atoms with Gasteiger partial charge in [-0.25, -0.2) is 22.2 Å². The average molecular weight is 608 g/mol. The summed E-state index contributed by atoms with van der Waals surface area (Å²) in [4.78, 5) is 17.6. The Hall–Kier alpha value is -4.55. The molecule has 0 aliphatic rings.